The van der Waals surface area contributed by atoms with Crippen LogP contribution in [0, 0.1) is 11.3 Å². The second-order valence-corrected chi connectivity index (χ2v) is 11.2. The van der Waals surface area contributed by atoms with Gasteiger partial charge in [-0.15, -0.1) is 11.3 Å². The number of nitrogens with one attached hydrogen (secondary N) is 1. The van der Waals surface area contributed by atoms with Crippen LogP contribution in [-0.4, -0.2) is 50.1 Å². The zero-order valence-electron chi connectivity index (χ0n) is 19.4. The topological polar surface area (TPSA) is 112 Å². The number of anilines is 1. The Balaban J connectivity index is 1.93. The van der Waals surface area contributed by atoms with E-state index in [2.05, 4.69) is 16.4 Å². The molecule has 182 valence electrons. The van der Waals surface area contributed by atoms with Crippen molar-refractivity contribution in [1.82, 2.24) is 9.29 Å². The maximum Gasteiger partial charge on any atom is 0.316 e. The molecule has 1 aromatic heterocycles. The maximum absolute atomic E-state index is 12.3. The number of hydrogen-bond acceptors (Lipinski definition) is 9. The lowest BCUT2D eigenvalue weighted by molar-refractivity contribution is -0.139. The van der Waals surface area contributed by atoms with Crippen molar-refractivity contribution in [2.75, 3.05) is 31.8 Å². The van der Waals surface area contributed by atoms with Gasteiger partial charge in [-0.1, -0.05) is 42.1 Å². The summed E-state index contributed by atoms with van der Waals surface area (Å²) in [7, 11) is -0.573. The Labute approximate surface area is 213 Å². The molecule has 3 aromatic rings. The molecule has 0 radical (unpaired) electrons. The second kappa shape index (κ2) is 12.0. The van der Waals surface area contributed by atoms with Gasteiger partial charge in [0.1, 0.15) is 16.6 Å². The van der Waals surface area contributed by atoms with Crippen molar-refractivity contribution in [3.8, 4) is 17.3 Å². The number of esters is 1. The van der Waals surface area contributed by atoms with Crippen molar-refractivity contribution in [3.05, 3.63) is 70.0 Å². The van der Waals surface area contributed by atoms with E-state index in [0.29, 0.717) is 21.3 Å². The lowest BCUT2D eigenvalue weighted by Crippen LogP contribution is -2.22. The summed E-state index contributed by atoms with van der Waals surface area (Å²) in [5, 5.41) is 16.0. The standard InChI is InChI=1S/C24H24N4O4S3/c1-4-32-22(29)16-34-23(26-18-8-6-5-7-9-18)20(14-25)24-27-21(15-33-24)17-10-12-19(13-11-17)35(30,31)28(2)3/h5-13,15,26H,4,16H2,1-3H3/b23-20+. The molecule has 1 N–H and O–H groups in total. The van der Waals surface area contributed by atoms with Crippen molar-refractivity contribution in [3.63, 3.8) is 0 Å². The molecule has 0 spiro atoms. The number of sulfonamides is 1. The van der Waals surface area contributed by atoms with E-state index in [9.17, 15) is 18.5 Å². The van der Waals surface area contributed by atoms with Crippen LogP contribution in [0.1, 0.15) is 11.9 Å². The van der Waals surface area contributed by atoms with Gasteiger partial charge >= 0.3 is 5.97 Å². The molecular weight excluding hydrogens is 504 g/mol. The molecule has 1 heterocycles. The Morgan fingerprint density at radius 3 is 2.46 bits per heavy atom. The monoisotopic (exact) mass is 528 g/mol. The minimum atomic E-state index is -3.53. The number of ether oxygens (including phenoxy) is 1. The predicted molar refractivity (Wildman–Crippen MR) is 140 cm³/mol. The Morgan fingerprint density at radius 1 is 1.17 bits per heavy atom. The number of benzene rings is 2. The Morgan fingerprint density at radius 2 is 1.86 bits per heavy atom. The van der Waals surface area contributed by atoms with Crippen LogP contribution in [0.25, 0.3) is 16.8 Å². The predicted octanol–water partition coefficient (Wildman–Crippen LogP) is 4.66. The van der Waals surface area contributed by atoms with Crippen molar-refractivity contribution in [1.29, 1.82) is 5.26 Å². The number of thioether (sulfide) groups is 1. The summed E-state index contributed by atoms with van der Waals surface area (Å²) in [6, 6.07) is 18.0. The minimum Gasteiger partial charge on any atom is -0.465 e. The average Bonchev–Trinajstić information content (AvgIpc) is 3.33. The number of nitriles is 1. The van der Waals surface area contributed by atoms with Crippen LogP contribution in [0.3, 0.4) is 0 Å². The fourth-order valence-corrected chi connectivity index (χ4v) is 5.50. The number of hydrogen-bond donors (Lipinski definition) is 1. The first-order valence-electron chi connectivity index (χ1n) is 10.5. The van der Waals surface area contributed by atoms with E-state index in [0.717, 1.165) is 15.6 Å². The van der Waals surface area contributed by atoms with Crippen LogP contribution < -0.4 is 5.32 Å². The van der Waals surface area contributed by atoms with Gasteiger partial charge in [-0.3, -0.25) is 4.79 Å². The summed E-state index contributed by atoms with van der Waals surface area (Å²) in [5.41, 5.74) is 2.40. The van der Waals surface area contributed by atoms with Crippen molar-refractivity contribution in [2.24, 2.45) is 0 Å². The highest BCUT2D eigenvalue weighted by atomic mass is 32.2. The fourth-order valence-electron chi connectivity index (χ4n) is 2.88. The summed E-state index contributed by atoms with van der Waals surface area (Å²) >= 11 is 2.46. The SMILES string of the molecule is CCOC(=O)CS/C(Nc1ccccc1)=C(\C#N)c1nc(-c2ccc(S(=O)(=O)N(C)C)cc2)cs1. The normalized spacial score (nSPS) is 12.1. The zero-order valence-corrected chi connectivity index (χ0v) is 21.8. The summed E-state index contributed by atoms with van der Waals surface area (Å²) in [6.45, 7) is 2.02. The first kappa shape index (κ1) is 26.4. The molecule has 3 rings (SSSR count). The van der Waals surface area contributed by atoms with Gasteiger partial charge in [0, 0.05) is 30.7 Å². The van der Waals surface area contributed by atoms with E-state index < -0.39 is 10.0 Å². The molecule has 0 aliphatic carbocycles. The molecule has 0 atom stereocenters. The van der Waals surface area contributed by atoms with Crippen LogP contribution >= 0.6 is 23.1 Å². The lowest BCUT2D eigenvalue weighted by Gasteiger charge is -2.12. The van der Waals surface area contributed by atoms with E-state index in [4.69, 9.17) is 4.74 Å². The van der Waals surface area contributed by atoms with E-state index in [1.54, 1.807) is 24.4 Å². The van der Waals surface area contributed by atoms with Crippen molar-refractivity contribution in [2.45, 2.75) is 11.8 Å². The largest absolute Gasteiger partial charge is 0.465 e. The van der Waals surface area contributed by atoms with Crippen LogP contribution in [0.5, 0.6) is 0 Å². The van der Waals surface area contributed by atoms with E-state index in [1.807, 2.05) is 30.3 Å². The second-order valence-electron chi connectivity index (χ2n) is 7.25. The highest BCUT2D eigenvalue weighted by molar-refractivity contribution is 8.04. The molecule has 0 saturated heterocycles. The molecule has 0 amide bonds. The molecular formula is C24H24N4O4S3. The number of carbonyl (C=O) groups is 1. The number of para-hydroxylation sites is 1. The van der Waals surface area contributed by atoms with Gasteiger partial charge < -0.3 is 10.1 Å². The molecule has 0 unspecified atom stereocenters. The number of aromatic nitrogens is 1. The summed E-state index contributed by atoms with van der Waals surface area (Å²) in [4.78, 5) is 16.7. The molecule has 2 aromatic carbocycles. The molecule has 0 saturated carbocycles. The smallest absolute Gasteiger partial charge is 0.316 e. The molecule has 0 aliphatic rings. The third kappa shape index (κ3) is 6.70. The molecule has 0 bridgehead atoms. The Bertz CT molecular complexity index is 1340. The number of carbonyl (C=O) groups excluding carboxylic acids is 1. The third-order valence-electron chi connectivity index (χ3n) is 4.66. The molecule has 35 heavy (non-hydrogen) atoms. The first-order chi connectivity index (χ1) is 16.8. The number of thiazole rings is 1. The van der Waals surface area contributed by atoms with Crippen molar-refractivity contribution < 1.29 is 17.9 Å². The van der Waals surface area contributed by atoms with Gasteiger partial charge in [0.05, 0.1) is 28.0 Å². The average molecular weight is 529 g/mol. The number of allylic oxidation sites excluding steroid dienone is 1. The van der Waals surface area contributed by atoms with Gasteiger partial charge in [-0.05, 0) is 31.2 Å². The van der Waals surface area contributed by atoms with E-state index in [1.165, 1.54) is 49.3 Å². The lowest BCUT2D eigenvalue weighted by atomic mass is 10.2. The molecule has 0 fully saturated rings. The van der Waals surface area contributed by atoms with Crippen LogP contribution in [0.2, 0.25) is 0 Å². The fraction of sp³-hybridized carbons (Fsp3) is 0.208. The quantitative estimate of drug-likeness (QED) is 0.299. The summed E-state index contributed by atoms with van der Waals surface area (Å²) in [6.07, 6.45) is 0. The van der Waals surface area contributed by atoms with Gasteiger partial charge in [-0.2, -0.15) is 5.26 Å². The highest BCUT2D eigenvalue weighted by Crippen LogP contribution is 2.32. The van der Waals surface area contributed by atoms with Gasteiger partial charge in [0.25, 0.3) is 0 Å². The van der Waals surface area contributed by atoms with Gasteiger partial charge in [-0.25, -0.2) is 17.7 Å². The minimum absolute atomic E-state index is 0.0359. The Hall–Kier alpha value is -3.17. The molecule has 0 aliphatic heterocycles. The third-order valence-corrected chi connectivity index (χ3v) is 8.32. The summed E-state index contributed by atoms with van der Waals surface area (Å²) < 4.78 is 30.8. The van der Waals surface area contributed by atoms with Gasteiger partial charge in [0.15, 0.2) is 0 Å². The Kier molecular flexibility index (Phi) is 9.06. The van der Waals surface area contributed by atoms with E-state index >= 15 is 0 Å². The van der Waals surface area contributed by atoms with Crippen molar-refractivity contribution >= 4 is 50.4 Å². The highest BCUT2D eigenvalue weighted by Gasteiger charge is 2.19. The number of nitrogens with zero attached hydrogens (tertiary/aromatic N) is 3. The zero-order chi connectivity index (χ0) is 25.4. The van der Waals surface area contributed by atoms with Crippen LogP contribution in [-0.2, 0) is 19.6 Å². The van der Waals surface area contributed by atoms with Crippen LogP contribution in [0.4, 0.5) is 5.69 Å². The van der Waals surface area contributed by atoms with Crippen LogP contribution in [0.15, 0.2) is 69.9 Å². The van der Waals surface area contributed by atoms with Gasteiger partial charge in [0.2, 0.25) is 10.0 Å². The molecule has 11 heteroatoms. The summed E-state index contributed by atoms with van der Waals surface area (Å²) in [5.74, 6) is -0.344. The maximum atomic E-state index is 12.3. The molecule has 8 nitrogen and oxygen atoms in total. The first-order valence-corrected chi connectivity index (χ1v) is 13.8. The van der Waals surface area contributed by atoms with E-state index in [-0.39, 0.29) is 23.2 Å². The number of rotatable bonds is 10.